The SMILES string of the molecule is CC(C)n1cccc1[C@H]1[C@H](c2ccccn2)NC(=S)N1c1ccc(NC(=O)COc2ccccc2)cc1. The van der Waals surface area contributed by atoms with Crippen molar-refractivity contribution >= 4 is 34.6 Å². The number of aromatic nitrogens is 2. The van der Waals surface area contributed by atoms with Crippen LogP contribution in [-0.4, -0.2) is 27.2 Å². The van der Waals surface area contributed by atoms with Crippen LogP contribution in [0, 0.1) is 0 Å². The van der Waals surface area contributed by atoms with E-state index in [0.717, 1.165) is 17.1 Å². The Morgan fingerprint density at radius 2 is 1.78 bits per heavy atom. The van der Waals surface area contributed by atoms with Gasteiger partial charge in [-0.3, -0.25) is 9.78 Å². The van der Waals surface area contributed by atoms with Gasteiger partial charge in [-0.1, -0.05) is 24.3 Å². The van der Waals surface area contributed by atoms with E-state index in [1.165, 1.54) is 0 Å². The summed E-state index contributed by atoms with van der Waals surface area (Å²) < 4.78 is 7.81. The molecule has 0 aliphatic carbocycles. The highest BCUT2D eigenvalue weighted by Gasteiger charge is 2.42. The minimum absolute atomic E-state index is 0.0636. The van der Waals surface area contributed by atoms with Crippen LogP contribution in [0.4, 0.5) is 11.4 Å². The lowest BCUT2D eigenvalue weighted by Gasteiger charge is -2.30. The van der Waals surface area contributed by atoms with E-state index in [-0.39, 0.29) is 24.6 Å². The van der Waals surface area contributed by atoms with Crippen molar-refractivity contribution in [1.29, 1.82) is 0 Å². The molecule has 5 rings (SSSR count). The number of para-hydroxylation sites is 1. The molecule has 1 saturated heterocycles. The predicted octanol–water partition coefficient (Wildman–Crippen LogP) is 5.66. The maximum absolute atomic E-state index is 12.4. The zero-order valence-electron chi connectivity index (χ0n) is 20.7. The molecule has 0 spiro atoms. The number of ether oxygens (including phenoxy) is 1. The van der Waals surface area contributed by atoms with Crippen LogP contribution in [0.15, 0.2) is 97.3 Å². The summed E-state index contributed by atoms with van der Waals surface area (Å²) in [5.41, 5.74) is 3.69. The van der Waals surface area contributed by atoms with E-state index in [4.69, 9.17) is 17.0 Å². The standard InChI is InChI=1S/C29H29N5O2S/c1-20(2)33-18-8-12-25(33)28-27(24-11-6-7-17-30-24)32-29(37)34(28)22-15-13-21(14-16-22)31-26(35)19-36-23-9-4-3-5-10-23/h3-18,20,27-28H,19H2,1-2H3,(H,31,35)(H,32,37)/t27-,28-/m0/s1. The summed E-state index contributed by atoms with van der Waals surface area (Å²) in [6.07, 6.45) is 3.91. The van der Waals surface area contributed by atoms with Gasteiger partial charge >= 0.3 is 0 Å². The summed E-state index contributed by atoms with van der Waals surface area (Å²) in [7, 11) is 0. The minimum atomic E-state index is -0.224. The van der Waals surface area contributed by atoms with Gasteiger partial charge in [0.1, 0.15) is 11.8 Å². The van der Waals surface area contributed by atoms with E-state index in [1.807, 2.05) is 72.8 Å². The molecule has 37 heavy (non-hydrogen) atoms. The Morgan fingerprint density at radius 3 is 2.49 bits per heavy atom. The van der Waals surface area contributed by atoms with Crippen LogP contribution in [-0.2, 0) is 4.79 Å². The van der Waals surface area contributed by atoms with E-state index < -0.39 is 0 Å². The van der Waals surface area contributed by atoms with Gasteiger partial charge in [0.15, 0.2) is 11.7 Å². The fourth-order valence-corrected chi connectivity index (χ4v) is 4.98. The number of rotatable bonds is 8. The Bertz CT molecular complexity index is 1360. The number of nitrogens with zero attached hydrogens (tertiary/aromatic N) is 3. The first-order chi connectivity index (χ1) is 18.0. The number of hydrogen-bond donors (Lipinski definition) is 2. The highest BCUT2D eigenvalue weighted by atomic mass is 32.1. The van der Waals surface area contributed by atoms with Crippen LogP contribution < -0.4 is 20.3 Å². The summed E-state index contributed by atoms with van der Waals surface area (Å²) in [6.45, 7) is 4.28. The van der Waals surface area contributed by atoms with Crippen molar-refractivity contribution in [2.24, 2.45) is 0 Å². The number of hydrogen-bond acceptors (Lipinski definition) is 4. The Labute approximate surface area is 222 Å². The van der Waals surface area contributed by atoms with Crippen molar-refractivity contribution in [1.82, 2.24) is 14.9 Å². The Kier molecular flexibility index (Phi) is 7.18. The highest BCUT2D eigenvalue weighted by molar-refractivity contribution is 7.80. The lowest BCUT2D eigenvalue weighted by molar-refractivity contribution is -0.118. The number of nitrogens with one attached hydrogen (secondary N) is 2. The smallest absolute Gasteiger partial charge is 0.262 e. The van der Waals surface area contributed by atoms with Gasteiger partial charge in [0.2, 0.25) is 0 Å². The van der Waals surface area contributed by atoms with E-state index in [1.54, 1.807) is 6.20 Å². The normalized spacial score (nSPS) is 17.1. The third kappa shape index (κ3) is 5.34. The van der Waals surface area contributed by atoms with Gasteiger partial charge in [-0.2, -0.15) is 0 Å². The maximum Gasteiger partial charge on any atom is 0.262 e. The zero-order valence-corrected chi connectivity index (χ0v) is 21.6. The molecule has 3 heterocycles. The largest absolute Gasteiger partial charge is 0.484 e. The first kappa shape index (κ1) is 24.5. The average Bonchev–Trinajstić information content (AvgIpc) is 3.54. The predicted molar refractivity (Wildman–Crippen MR) is 150 cm³/mol. The molecule has 2 atom stereocenters. The molecule has 2 aromatic heterocycles. The molecular formula is C29H29N5O2S. The van der Waals surface area contributed by atoms with Crippen molar-refractivity contribution in [3.63, 3.8) is 0 Å². The molecule has 7 nitrogen and oxygen atoms in total. The molecule has 4 aromatic rings. The van der Waals surface area contributed by atoms with Crippen LogP contribution in [0.2, 0.25) is 0 Å². The quantitative estimate of drug-likeness (QED) is 0.298. The number of anilines is 2. The highest BCUT2D eigenvalue weighted by Crippen LogP contribution is 2.42. The molecule has 1 aliphatic rings. The Hall–Kier alpha value is -4.17. The summed E-state index contributed by atoms with van der Waals surface area (Å²) >= 11 is 5.83. The second-order valence-electron chi connectivity index (χ2n) is 9.13. The van der Waals surface area contributed by atoms with Crippen molar-refractivity contribution < 1.29 is 9.53 Å². The van der Waals surface area contributed by atoms with E-state index in [9.17, 15) is 4.79 Å². The zero-order chi connectivity index (χ0) is 25.8. The Morgan fingerprint density at radius 1 is 1.03 bits per heavy atom. The second-order valence-corrected chi connectivity index (χ2v) is 9.51. The molecule has 0 bridgehead atoms. The summed E-state index contributed by atoms with van der Waals surface area (Å²) in [5, 5.41) is 7.02. The minimum Gasteiger partial charge on any atom is -0.484 e. The van der Waals surface area contributed by atoms with Crippen molar-refractivity contribution in [3.05, 3.63) is 109 Å². The van der Waals surface area contributed by atoms with Gasteiger partial charge in [-0.25, -0.2) is 0 Å². The van der Waals surface area contributed by atoms with E-state index >= 15 is 0 Å². The van der Waals surface area contributed by atoms with Crippen LogP contribution in [0.5, 0.6) is 5.75 Å². The van der Waals surface area contributed by atoms with Crippen molar-refractivity contribution in [2.45, 2.75) is 32.0 Å². The Balaban J connectivity index is 1.38. The summed E-state index contributed by atoms with van der Waals surface area (Å²) in [4.78, 5) is 19.2. The number of benzene rings is 2. The third-order valence-corrected chi connectivity index (χ3v) is 6.63. The molecule has 0 saturated carbocycles. The van der Waals surface area contributed by atoms with Crippen LogP contribution in [0.25, 0.3) is 0 Å². The fourth-order valence-electron chi connectivity index (χ4n) is 4.63. The first-order valence-electron chi connectivity index (χ1n) is 12.3. The number of thiocarbonyl (C=S) groups is 1. The van der Waals surface area contributed by atoms with E-state index in [2.05, 4.69) is 57.3 Å². The topological polar surface area (TPSA) is 71.4 Å². The van der Waals surface area contributed by atoms with Gasteiger partial charge in [0.05, 0.1) is 11.7 Å². The molecule has 1 aliphatic heterocycles. The lowest BCUT2D eigenvalue weighted by Crippen LogP contribution is -2.30. The molecule has 1 amide bonds. The number of pyridine rings is 1. The molecular weight excluding hydrogens is 482 g/mol. The summed E-state index contributed by atoms with van der Waals surface area (Å²) in [5.74, 6) is 0.431. The number of carbonyl (C=O) groups is 1. The second kappa shape index (κ2) is 10.8. The van der Waals surface area contributed by atoms with Gasteiger partial charge in [0, 0.05) is 35.5 Å². The van der Waals surface area contributed by atoms with Crippen LogP contribution in [0.3, 0.4) is 0 Å². The van der Waals surface area contributed by atoms with Gasteiger partial charge in [-0.15, -0.1) is 0 Å². The lowest BCUT2D eigenvalue weighted by atomic mass is 10.0. The molecule has 0 unspecified atom stereocenters. The third-order valence-electron chi connectivity index (χ3n) is 6.31. The molecule has 1 fully saturated rings. The first-order valence-corrected chi connectivity index (χ1v) is 12.7. The molecule has 8 heteroatoms. The van der Waals surface area contributed by atoms with Crippen molar-refractivity contribution in [2.75, 3.05) is 16.8 Å². The average molecular weight is 512 g/mol. The molecule has 2 N–H and O–H groups in total. The molecule has 2 aromatic carbocycles. The van der Waals surface area contributed by atoms with E-state index in [0.29, 0.717) is 22.6 Å². The molecule has 188 valence electrons. The monoisotopic (exact) mass is 511 g/mol. The number of carbonyl (C=O) groups excluding carboxylic acids is 1. The van der Waals surface area contributed by atoms with Gasteiger partial charge in [-0.05, 0) is 86.7 Å². The van der Waals surface area contributed by atoms with Gasteiger partial charge in [0.25, 0.3) is 5.91 Å². The van der Waals surface area contributed by atoms with Crippen molar-refractivity contribution in [3.8, 4) is 5.75 Å². The summed E-state index contributed by atoms with van der Waals surface area (Å²) in [6, 6.07) is 27.2. The molecule has 0 radical (unpaired) electrons. The fraction of sp³-hybridized carbons (Fsp3) is 0.207. The maximum atomic E-state index is 12.4. The van der Waals surface area contributed by atoms with Crippen LogP contribution in [0.1, 0.15) is 43.4 Å². The van der Waals surface area contributed by atoms with Gasteiger partial charge < -0.3 is 24.8 Å². The number of amides is 1. The van der Waals surface area contributed by atoms with Crippen LogP contribution >= 0.6 is 12.2 Å².